The van der Waals surface area contributed by atoms with Crippen molar-refractivity contribution in [3.63, 3.8) is 0 Å². The van der Waals surface area contributed by atoms with E-state index in [1.165, 1.54) is 0 Å². The summed E-state index contributed by atoms with van der Waals surface area (Å²) in [5.74, 6) is 1.23. The van der Waals surface area contributed by atoms with Gasteiger partial charge in [0.05, 0.1) is 23.5 Å². The van der Waals surface area contributed by atoms with E-state index < -0.39 is 0 Å². The van der Waals surface area contributed by atoms with Gasteiger partial charge in [0.15, 0.2) is 6.73 Å². The smallest absolute Gasteiger partial charge is 0.271 e. The molecule has 1 aromatic carbocycles. The Bertz CT molecular complexity index is 965. The minimum atomic E-state index is -0.223. The van der Waals surface area contributed by atoms with Gasteiger partial charge < -0.3 is 14.8 Å². The van der Waals surface area contributed by atoms with Crippen molar-refractivity contribution in [2.75, 3.05) is 13.7 Å². The summed E-state index contributed by atoms with van der Waals surface area (Å²) in [6.07, 6.45) is 2.45. The Morgan fingerprint density at radius 1 is 1.14 bits per heavy atom. The second-order valence-corrected chi connectivity index (χ2v) is 6.88. The Morgan fingerprint density at radius 3 is 2.52 bits per heavy atom. The van der Waals surface area contributed by atoms with Gasteiger partial charge >= 0.3 is 0 Å². The van der Waals surface area contributed by atoms with Crippen LogP contribution < -0.4 is 14.8 Å². The third kappa shape index (κ3) is 5.29. The van der Waals surface area contributed by atoms with Crippen LogP contribution in [-0.4, -0.2) is 39.1 Å². The van der Waals surface area contributed by atoms with Gasteiger partial charge in [0.1, 0.15) is 17.2 Å². The molecule has 2 heterocycles. The van der Waals surface area contributed by atoms with Crippen LogP contribution in [-0.2, 0) is 13.3 Å². The Kier molecular flexibility index (Phi) is 6.77. The van der Waals surface area contributed by atoms with E-state index in [4.69, 9.17) is 21.1 Å². The van der Waals surface area contributed by atoms with E-state index in [0.717, 1.165) is 23.6 Å². The van der Waals surface area contributed by atoms with Gasteiger partial charge in [-0.3, -0.25) is 9.48 Å². The van der Waals surface area contributed by atoms with E-state index in [2.05, 4.69) is 15.5 Å². The number of aromatic nitrogens is 4. The number of rotatable bonds is 9. The van der Waals surface area contributed by atoms with E-state index in [9.17, 15) is 4.79 Å². The maximum atomic E-state index is 12.3. The number of hydrogen-bond donors (Lipinski definition) is 1. The van der Waals surface area contributed by atoms with E-state index in [1.807, 2.05) is 42.8 Å². The highest BCUT2D eigenvalue weighted by molar-refractivity contribution is 6.31. The van der Waals surface area contributed by atoms with Crippen molar-refractivity contribution in [3.8, 4) is 11.5 Å². The predicted octanol–water partition coefficient (Wildman–Crippen LogP) is 3.22. The summed E-state index contributed by atoms with van der Waals surface area (Å²) in [6.45, 7) is 5.22. The van der Waals surface area contributed by atoms with E-state index in [1.54, 1.807) is 24.1 Å². The van der Waals surface area contributed by atoms with Gasteiger partial charge in [-0.05, 0) is 50.6 Å². The molecule has 0 unspecified atom stereocenters. The highest BCUT2D eigenvalue weighted by Gasteiger charge is 2.11. The summed E-state index contributed by atoms with van der Waals surface area (Å²) in [6, 6.07) is 8.92. The molecule has 0 saturated carbocycles. The number of halogens is 1. The van der Waals surface area contributed by atoms with Gasteiger partial charge in [0.25, 0.3) is 5.91 Å². The van der Waals surface area contributed by atoms with Crippen LogP contribution >= 0.6 is 11.6 Å². The first-order valence-electron chi connectivity index (χ1n) is 9.26. The third-order valence-electron chi connectivity index (χ3n) is 4.42. The molecule has 8 nitrogen and oxygen atoms in total. The lowest BCUT2D eigenvalue weighted by Gasteiger charge is -2.07. The van der Waals surface area contributed by atoms with E-state index in [0.29, 0.717) is 29.6 Å². The molecule has 0 radical (unpaired) electrons. The number of benzene rings is 1. The molecule has 1 N–H and O–H groups in total. The standard InChI is InChI=1S/C20H24ClN5O3/c1-14-19(21)15(2)26(23-14)11-4-10-22-20(27)18-9-12-25(24-18)13-29-17-7-5-16(28-3)6-8-17/h5-9,12H,4,10-11,13H2,1-3H3,(H,22,27). The van der Waals surface area contributed by atoms with Crippen molar-refractivity contribution in [2.24, 2.45) is 0 Å². The number of ether oxygens (including phenoxy) is 2. The Balaban J connectivity index is 1.43. The number of nitrogens with zero attached hydrogens (tertiary/aromatic N) is 4. The number of methoxy groups -OCH3 is 1. The maximum Gasteiger partial charge on any atom is 0.271 e. The van der Waals surface area contributed by atoms with Crippen LogP contribution in [0.15, 0.2) is 36.5 Å². The molecule has 0 aliphatic carbocycles. The molecule has 0 atom stereocenters. The topological polar surface area (TPSA) is 83.2 Å². The molecule has 0 spiro atoms. The molecule has 3 rings (SSSR count). The summed E-state index contributed by atoms with van der Waals surface area (Å²) >= 11 is 6.14. The zero-order valence-electron chi connectivity index (χ0n) is 16.7. The fraction of sp³-hybridized carbons (Fsp3) is 0.350. The third-order valence-corrected chi connectivity index (χ3v) is 4.97. The lowest BCUT2D eigenvalue weighted by Crippen LogP contribution is -2.26. The highest BCUT2D eigenvalue weighted by Crippen LogP contribution is 2.19. The fourth-order valence-corrected chi connectivity index (χ4v) is 2.92. The number of aryl methyl sites for hydroxylation is 2. The molecule has 9 heteroatoms. The minimum absolute atomic E-state index is 0.207. The van der Waals surface area contributed by atoms with E-state index >= 15 is 0 Å². The van der Waals surface area contributed by atoms with Crippen molar-refractivity contribution in [1.82, 2.24) is 24.9 Å². The molecule has 29 heavy (non-hydrogen) atoms. The molecular formula is C20H24ClN5O3. The van der Waals surface area contributed by atoms with Gasteiger partial charge in [0, 0.05) is 19.3 Å². The molecule has 0 fully saturated rings. The molecule has 2 aromatic heterocycles. The van der Waals surface area contributed by atoms with Crippen LogP contribution in [0.5, 0.6) is 11.5 Å². The van der Waals surface area contributed by atoms with Crippen LogP contribution in [0.1, 0.15) is 28.3 Å². The first kappa shape index (κ1) is 20.7. The quantitative estimate of drug-likeness (QED) is 0.540. The highest BCUT2D eigenvalue weighted by atomic mass is 35.5. The lowest BCUT2D eigenvalue weighted by atomic mass is 10.3. The van der Waals surface area contributed by atoms with Gasteiger partial charge in [-0.1, -0.05) is 11.6 Å². The van der Waals surface area contributed by atoms with Crippen LogP contribution in [0.3, 0.4) is 0 Å². The average Bonchev–Trinajstić information content (AvgIpc) is 3.31. The summed E-state index contributed by atoms with van der Waals surface area (Å²) in [5.41, 5.74) is 2.10. The van der Waals surface area contributed by atoms with Crippen LogP contribution in [0.2, 0.25) is 5.02 Å². The molecule has 154 valence electrons. The largest absolute Gasteiger partial charge is 0.497 e. The SMILES string of the molecule is COc1ccc(OCn2ccc(C(=O)NCCCn3nc(C)c(Cl)c3C)n2)cc1. The van der Waals surface area contributed by atoms with Crippen LogP contribution in [0.4, 0.5) is 0 Å². The van der Waals surface area contributed by atoms with Gasteiger partial charge in [0.2, 0.25) is 0 Å². The second kappa shape index (κ2) is 9.47. The zero-order valence-corrected chi connectivity index (χ0v) is 17.4. The summed E-state index contributed by atoms with van der Waals surface area (Å²) in [7, 11) is 1.61. The van der Waals surface area contributed by atoms with Crippen molar-refractivity contribution >= 4 is 17.5 Å². The van der Waals surface area contributed by atoms with Gasteiger partial charge in [-0.2, -0.15) is 10.2 Å². The van der Waals surface area contributed by atoms with Crippen molar-refractivity contribution in [1.29, 1.82) is 0 Å². The molecule has 3 aromatic rings. The number of carbonyl (C=O) groups excluding carboxylic acids is 1. The maximum absolute atomic E-state index is 12.3. The van der Waals surface area contributed by atoms with Gasteiger partial charge in [-0.25, -0.2) is 4.68 Å². The number of nitrogens with one attached hydrogen (secondary N) is 1. The number of amides is 1. The van der Waals surface area contributed by atoms with Crippen molar-refractivity contribution < 1.29 is 14.3 Å². The molecule has 0 saturated heterocycles. The predicted molar refractivity (Wildman–Crippen MR) is 110 cm³/mol. The molecule has 0 bridgehead atoms. The Morgan fingerprint density at radius 2 is 1.86 bits per heavy atom. The molecule has 0 aliphatic rings. The number of hydrogen-bond acceptors (Lipinski definition) is 5. The van der Waals surface area contributed by atoms with Crippen molar-refractivity contribution in [2.45, 2.75) is 33.5 Å². The molecule has 0 aliphatic heterocycles. The second-order valence-electron chi connectivity index (χ2n) is 6.51. The first-order valence-corrected chi connectivity index (χ1v) is 9.63. The first-order chi connectivity index (χ1) is 14.0. The van der Waals surface area contributed by atoms with Crippen LogP contribution in [0, 0.1) is 13.8 Å². The Hall–Kier alpha value is -3.00. The summed E-state index contributed by atoms with van der Waals surface area (Å²) in [4.78, 5) is 12.3. The fourth-order valence-electron chi connectivity index (χ4n) is 2.78. The summed E-state index contributed by atoms with van der Waals surface area (Å²) < 4.78 is 14.2. The van der Waals surface area contributed by atoms with E-state index in [-0.39, 0.29) is 12.6 Å². The minimum Gasteiger partial charge on any atom is -0.497 e. The molecular weight excluding hydrogens is 394 g/mol. The Labute approximate surface area is 174 Å². The van der Waals surface area contributed by atoms with Crippen molar-refractivity contribution in [3.05, 3.63) is 58.6 Å². The lowest BCUT2D eigenvalue weighted by molar-refractivity contribution is 0.0945. The summed E-state index contributed by atoms with van der Waals surface area (Å²) in [5, 5.41) is 12.2. The zero-order chi connectivity index (χ0) is 20.8. The number of carbonyl (C=O) groups is 1. The van der Waals surface area contributed by atoms with Crippen LogP contribution in [0.25, 0.3) is 0 Å². The monoisotopic (exact) mass is 417 g/mol. The average molecular weight is 418 g/mol. The normalized spacial score (nSPS) is 10.8. The van der Waals surface area contributed by atoms with Gasteiger partial charge in [-0.15, -0.1) is 0 Å². The molecule has 1 amide bonds.